The first-order valence-electron chi connectivity index (χ1n) is 6.33. The van der Waals surface area contributed by atoms with Gasteiger partial charge in [-0.1, -0.05) is 11.2 Å². The van der Waals surface area contributed by atoms with Crippen molar-refractivity contribution >= 4 is 11.5 Å². The first kappa shape index (κ1) is 13.8. The molecule has 2 aromatic heterocycles. The van der Waals surface area contributed by atoms with Gasteiger partial charge in [0.2, 0.25) is 0 Å². The summed E-state index contributed by atoms with van der Waals surface area (Å²) in [4.78, 5) is 10.5. The summed E-state index contributed by atoms with van der Waals surface area (Å²) in [6.07, 6.45) is 3.42. The van der Waals surface area contributed by atoms with Gasteiger partial charge in [-0.25, -0.2) is 0 Å². The van der Waals surface area contributed by atoms with E-state index in [2.05, 4.69) is 26.9 Å². The van der Waals surface area contributed by atoms with Gasteiger partial charge in [0.1, 0.15) is 5.69 Å². The summed E-state index contributed by atoms with van der Waals surface area (Å²) in [5.74, 6) is 0.000684. The number of aromatic nitrogens is 2. The molecule has 2 rings (SSSR count). The van der Waals surface area contributed by atoms with Crippen molar-refractivity contribution in [1.29, 1.82) is 0 Å². The third kappa shape index (κ3) is 3.23. The Labute approximate surface area is 117 Å². The molecule has 0 amide bonds. The third-order valence-electron chi connectivity index (χ3n) is 2.94. The number of hydrogen-bond donors (Lipinski definition) is 2. The number of anilines is 1. The molecule has 0 unspecified atom stereocenters. The van der Waals surface area contributed by atoms with Gasteiger partial charge < -0.3 is 15.8 Å². The predicted octanol–water partition coefficient (Wildman–Crippen LogP) is 1.60. The molecule has 0 aliphatic carbocycles. The lowest BCUT2D eigenvalue weighted by Crippen LogP contribution is -2.23. The molecule has 2 aromatic rings. The molecule has 0 aliphatic rings. The molecule has 2 heterocycles. The number of pyridine rings is 2. The summed E-state index contributed by atoms with van der Waals surface area (Å²) in [5.41, 5.74) is 7.95. The van der Waals surface area contributed by atoms with Crippen LogP contribution in [0.1, 0.15) is 18.3 Å². The molecule has 3 N–H and O–H groups in total. The SMILES string of the molecule is CCN(Cc1ccccn1)c1ccnc(/C(N)=N/O)c1. The lowest BCUT2D eigenvalue weighted by atomic mass is 10.2. The van der Waals surface area contributed by atoms with E-state index in [1.165, 1.54) is 0 Å². The first-order chi connectivity index (χ1) is 9.74. The molecule has 0 fully saturated rings. The molecular weight excluding hydrogens is 254 g/mol. The third-order valence-corrected chi connectivity index (χ3v) is 2.94. The zero-order valence-corrected chi connectivity index (χ0v) is 11.3. The molecule has 0 saturated heterocycles. The second kappa shape index (κ2) is 6.51. The van der Waals surface area contributed by atoms with Crippen molar-refractivity contribution in [2.24, 2.45) is 10.9 Å². The van der Waals surface area contributed by atoms with E-state index in [1.54, 1.807) is 18.5 Å². The van der Waals surface area contributed by atoms with Crippen LogP contribution in [0.15, 0.2) is 47.9 Å². The maximum Gasteiger partial charge on any atom is 0.188 e. The highest BCUT2D eigenvalue weighted by Gasteiger charge is 2.09. The molecule has 0 aromatic carbocycles. The van der Waals surface area contributed by atoms with Crippen LogP contribution in [0.25, 0.3) is 0 Å². The monoisotopic (exact) mass is 271 g/mol. The van der Waals surface area contributed by atoms with E-state index in [4.69, 9.17) is 10.9 Å². The zero-order valence-electron chi connectivity index (χ0n) is 11.3. The number of amidine groups is 1. The van der Waals surface area contributed by atoms with Crippen molar-refractivity contribution < 1.29 is 5.21 Å². The lowest BCUT2D eigenvalue weighted by Gasteiger charge is -2.23. The Hall–Kier alpha value is -2.63. The van der Waals surface area contributed by atoms with Gasteiger partial charge in [-0.3, -0.25) is 9.97 Å². The minimum atomic E-state index is 0.000684. The smallest absolute Gasteiger partial charge is 0.188 e. The molecule has 6 heteroatoms. The first-order valence-corrected chi connectivity index (χ1v) is 6.33. The van der Waals surface area contributed by atoms with Crippen molar-refractivity contribution in [2.45, 2.75) is 13.5 Å². The fourth-order valence-electron chi connectivity index (χ4n) is 1.88. The van der Waals surface area contributed by atoms with Crippen molar-refractivity contribution in [3.63, 3.8) is 0 Å². The number of oxime groups is 1. The van der Waals surface area contributed by atoms with Gasteiger partial charge in [0.05, 0.1) is 12.2 Å². The van der Waals surface area contributed by atoms with E-state index in [-0.39, 0.29) is 5.84 Å². The Morgan fingerprint density at radius 1 is 1.30 bits per heavy atom. The van der Waals surface area contributed by atoms with Crippen LogP contribution in [0.3, 0.4) is 0 Å². The van der Waals surface area contributed by atoms with Gasteiger partial charge in [-0.2, -0.15) is 0 Å². The van der Waals surface area contributed by atoms with Crippen LogP contribution >= 0.6 is 0 Å². The van der Waals surface area contributed by atoms with Crippen molar-refractivity contribution in [2.75, 3.05) is 11.4 Å². The topological polar surface area (TPSA) is 87.6 Å². The van der Waals surface area contributed by atoms with Gasteiger partial charge in [0.15, 0.2) is 5.84 Å². The standard InChI is InChI=1S/C14H17N5O/c1-2-19(10-11-5-3-4-7-16-11)12-6-8-17-13(9-12)14(15)18-20/h3-9,20H,2,10H2,1H3,(H2,15,18). The lowest BCUT2D eigenvalue weighted by molar-refractivity contribution is 0.318. The molecule has 0 atom stereocenters. The molecule has 0 bridgehead atoms. The molecule has 0 radical (unpaired) electrons. The summed E-state index contributed by atoms with van der Waals surface area (Å²) >= 11 is 0. The maximum atomic E-state index is 8.71. The van der Waals surface area contributed by atoms with Gasteiger partial charge >= 0.3 is 0 Å². The van der Waals surface area contributed by atoms with Gasteiger partial charge in [0.25, 0.3) is 0 Å². The van der Waals surface area contributed by atoms with Crippen LogP contribution < -0.4 is 10.6 Å². The Morgan fingerprint density at radius 2 is 2.15 bits per heavy atom. The molecular formula is C14H17N5O. The van der Waals surface area contributed by atoms with E-state index in [0.717, 1.165) is 17.9 Å². The molecule has 20 heavy (non-hydrogen) atoms. The minimum Gasteiger partial charge on any atom is -0.409 e. The molecule has 0 saturated carbocycles. The largest absolute Gasteiger partial charge is 0.409 e. The highest BCUT2D eigenvalue weighted by molar-refractivity contribution is 5.95. The van der Waals surface area contributed by atoms with Crippen LogP contribution in [0.5, 0.6) is 0 Å². The molecule has 104 valence electrons. The summed E-state index contributed by atoms with van der Waals surface area (Å²) in [5, 5.41) is 11.7. The Kier molecular flexibility index (Phi) is 4.49. The Balaban J connectivity index is 2.23. The zero-order chi connectivity index (χ0) is 14.4. The number of hydrogen-bond acceptors (Lipinski definition) is 5. The summed E-state index contributed by atoms with van der Waals surface area (Å²) < 4.78 is 0. The van der Waals surface area contributed by atoms with Gasteiger partial charge in [-0.15, -0.1) is 0 Å². The highest BCUT2D eigenvalue weighted by atomic mass is 16.4. The van der Waals surface area contributed by atoms with Crippen LogP contribution in [-0.4, -0.2) is 27.6 Å². The summed E-state index contributed by atoms with van der Waals surface area (Å²) in [7, 11) is 0. The van der Waals surface area contributed by atoms with E-state index in [1.807, 2.05) is 24.3 Å². The van der Waals surface area contributed by atoms with Crippen molar-refractivity contribution in [3.05, 3.63) is 54.1 Å². The second-order valence-corrected chi connectivity index (χ2v) is 4.22. The summed E-state index contributed by atoms with van der Waals surface area (Å²) in [6, 6.07) is 9.52. The number of nitrogens with two attached hydrogens (primary N) is 1. The van der Waals surface area contributed by atoms with E-state index in [0.29, 0.717) is 12.2 Å². The Bertz CT molecular complexity index is 585. The predicted molar refractivity (Wildman–Crippen MR) is 77.7 cm³/mol. The fraction of sp³-hybridized carbons (Fsp3) is 0.214. The normalized spacial score (nSPS) is 11.3. The van der Waals surface area contributed by atoms with Crippen LogP contribution in [0.4, 0.5) is 5.69 Å². The highest BCUT2D eigenvalue weighted by Crippen LogP contribution is 2.16. The average Bonchev–Trinajstić information content (AvgIpc) is 2.53. The van der Waals surface area contributed by atoms with Crippen molar-refractivity contribution in [3.8, 4) is 0 Å². The van der Waals surface area contributed by atoms with E-state index in [9.17, 15) is 0 Å². The van der Waals surface area contributed by atoms with Crippen LogP contribution in [-0.2, 0) is 6.54 Å². The fourth-order valence-corrected chi connectivity index (χ4v) is 1.88. The van der Waals surface area contributed by atoms with E-state index < -0.39 is 0 Å². The van der Waals surface area contributed by atoms with Gasteiger partial charge in [0, 0.05) is 24.6 Å². The van der Waals surface area contributed by atoms with Crippen LogP contribution in [0, 0.1) is 0 Å². The second-order valence-electron chi connectivity index (χ2n) is 4.22. The maximum absolute atomic E-state index is 8.71. The Morgan fingerprint density at radius 3 is 2.80 bits per heavy atom. The molecule has 6 nitrogen and oxygen atoms in total. The van der Waals surface area contributed by atoms with Crippen LogP contribution in [0.2, 0.25) is 0 Å². The van der Waals surface area contributed by atoms with E-state index >= 15 is 0 Å². The average molecular weight is 271 g/mol. The minimum absolute atomic E-state index is 0.000684. The summed E-state index contributed by atoms with van der Waals surface area (Å²) in [6.45, 7) is 3.57. The molecule has 0 spiro atoms. The number of nitrogens with zero attached hydrogens (tertiary/aromatic N) is 4. The number of rotatable bonds is 5. The van der Waals surface area contributed by atoms with Crippen molar-refractivity contribution in [1.82, 2.24) is 9.97 Å². The quantitative estimate of drug-likeness (QED) is 0.373. The van der Waals surface area contributed by atoms with Gasteiger partial charge in [-0.05, 0) is 31.2 Å². The molecule has 0 aliphatic heterocycles.